The van der Waals surface area contributed by atoms with Crippen molar-refractivity contribution < 1.29 is 13.2 Å². The molecule has 3 rings (SSSR count). The molecule has 6 nitrogen and oxygen atoms in total. The van der Waals surface area contributed by atoms with E-state index in [0.717, 1.165) is 10.9 Å². The van der Waals surface area contributed by atoms with Gasteiger partial charge in [-0.2, -0.15) is 0 Å². The van der Waals surface area contributed by atoms with Crippen LogP contribution in [-0.4, -0.2) is 31.1 Å². The van der Waals surface area contributed by atoms with Gasteiger partial charge in [0.05, 0.1) is 0 Å². The Morgan fingerprint density at radius 3 is 2.79 bits per heavy atom. The van der Waals surface area contributed by atoms with Gasteiger partial charge in [0.1, 0.15) is 5.25 Å². The largest absolute Gasteiger partial charge is 0.361 e. The lowest BCUT2D eigenvalue weighted by molar-refractivity contribution is -0.117. The molecule has 1 aliphatic rings. The number of nitrogens with two attached hydrogens (primary N) is 1. The van der Waals surface area contributed by atoms with Crippen molar-refractivity contribution in [3.05, 3.63) is 30.5 Å². The topological polar surface area (TPSA) is 96.3 Å². The second-order valence-electron chi connectivity index (χ2n) is 4.67. The zero-order valence-electron chi connectivity index (χ0n) is 10.0. The summed E-state index contributed by atoms with van der Waals surface area (Å²) >= 11 is 0. The van der Waals surface area contributed by atoms with E-state index in [9.17, 15) is 13.2 Å². The number of H-pyrrole nitrogens is 1. The minimum absolute atomic E-state index is 0.0540. The molecule has 0 aliphatic carbocycles. The van der Waals surface area contributed by atoms with Gasteiger partial charge in [0.15, 0.2) is 0 Å². The first-order valence-corrected chi connectivity index (χ1v) is 7.45. The van der Waals surface area contributed by atoms with Crippen molar-refractivity contribution in [2.75, 3.05) is 11.4 Å². The molecule has 100 valence electrons. The van der Waals surface area contributed by atoms with Gasteiger partial charge in [0.2, 0.25) is 15.9 Å². The molecular formula is C12H13N3O3S. The maximum Gasteiger partial charge on any atom is 0.228 e. The number of carbonyl (C=O) groups is 1. The van der Waals surface area contributed by atoms with Crippen LogP contribution in [0.15, 0.2) is 30.5 Å². The number of anilines is 1. The van der Waals surface area contributed by atoms with E-state index in [4.69, 9.17) is 5.14 Å². The molecule has 1 atom stereocenters. The zero-order valence-corrected chi connectivity index (χ0v) is 10.9. The van der Waals surface area contributed by atoms with Crippen LogP contribution in [0.1, 0.15) is 6.42 Å². The number of carbonyl (C=O) groups excluding carboxylic acids is 1. The smallest absolute Gasteiger partial charge is 0.228 e. The standard InChI is InChI=1S/C12H13N3O3S/c13-19(17,18)10-6-12(16)15(7-10)9-2-1-8-3-4-14-11(8)5-9/h1-5,10,14H,6-7H2,(H2,13,17,18). The molecule has 7 heteroatoms. The number of hydrogen-bond acceptors (Lipinski definition) is 3. The summed E-state index contributed by atoms with van der Waals surface area (Å²) in [5.41, 5.74) is 1.59. The number of sulfonamides is 1. The number of rotatable bonds is 2. The maximum atomic E-state index is 11.9. The van der Waals surface area contributed by atoms with Crippen molar-refractivity contribution in [3.8, 4) is 0 Å². The summed E-state index contributed by atoms with van der Waals surface area (Å²) in [5.74, 6) is -0.218. The molecule has 2 aromatic rings. The summed E-state index contributed by atoms with van der Waals surface area (Å²) in [5, 5.41) is 5.32. The Bertz CT molecular complexity index is 750. The van der Waals surface area contributed by atoms with Crippen molar-refractivity contribution in [3.63, 3.8) is 0 Å². The van der Waals surface area contributed by atoms with Gasteiger partial charge in [-0.25, -0.2) is 13.6 Å². The average molecular weight is 279 g/mol. The van der Waals surface area contributed by atoms with E-state index in [2.05, 4.69) is 4.98 Å². The predicted molar refractivity (Wildman–Crippen MR) is 72.2 cm³/mol. The van der Waals surface area contributed by atoms with Crippen LogP contribution < -0.4 is 10.0 Å². The zero-order chi connectivity index (χ0) is 13.6. The van der Waals surface area contributed by atoms with Crippen LogP contribution in [0.2, 0.25) is 0 Å². The minimum Gasteiger partial charge on any atom is -0.361 e. The highest BCUT2D eigenvalue weighted by atomic mass is 32.2. The highest BCUT2D eigenvalue weighted by Gasteiger charge is 2.37. The number of amides is 1. The fraction of sp³-hybridized carbons (Fsp3) is 0.250. The Morgan fingerprint density at radius 1 is 1.32 bits per heavy atom. The summed E-state index contributed by atoms with van der Waals surface area (Å²) in [6.45, 7) is 0.115. The van der Waals surface area contributed by atoms with E-state index >= 15 is 0 Å². The second-order valence-corrected chi connectivity index (χ2v) is 6.51. The normalized spacial score (nSPS) is 20.4. The molecule has 1 aromatic carbocycles. The quantitative estimate of drug-likeness (QED) is 0.840. The monoisotopic (exact) mass is 279 g/mol. The minimum atomic E-state index is -3.68. The lowest BCUT2D eigenvalue weighted by Gasteiger charge is -2.16. The molecule has 1 unspecified atom stereocenters. The van der Waals surface area contributed by atoms with Gasteiger partial charge >= 0.3 is 0 Å². The molecular weight excluding hydrogens is 266 g/mol. The third kappa shape index (κ3) is 2.11. The lowest BCUT2D eigenvalue weighted by atomic mass is 10.2. The molecule has 3 N–H and O–H groups in total. The van der Waals surface area contributed by atoms with Crippen molar-refractivity contribution in [2.45, 2.75) is 11.7 Å². The molecule has 19 heavy (non-hydrogen) atoms. The number of aromatic nitrogens is 1. The van der Waals surface area contributed by atoms with Gasteiger partial charge in [0.25, 0.3) is 0 Å². The van der Waals surface area contributed by atoms with Crippen LogP contribution >= 0.6 is 0 Å². The first-order chi connectivity index (χ1) is 8.95. The third-order valence-corrected chi connectivity index (χ3v) is 4.65. The van der Waals surface area contributed by atoms with E-state index in [0.29, 0.717) is 5.69 Å². The van der Waals surface area contributed by atoms with Gasteiger partial charge in [-0.1, -0.05) is 6.07 Å². The Balaban J connectivity index is 1.96. The third-order valence-electron chi connectivity index (χ3n) is 3.40. The number of primary sulfonamides is 1. The number of nitrogens with zero attached hydrogens (tertiary/aromatic N) is 1. The summed E-state index contributed by atoms with van der Waals surface area (Å²) < 4.78 is 22.6. The fourth-order valence-corrected chi connectivity index (χ4v) is 3.08. The van der Waals surface area contributed by atoms with Crippen molar-refractivity contribution >= 4 is 32.5 Å². The molecule has 0 bridgehead atoms. The molecule has 1 amide bonds. The number of nitrogens with one attached hydrogen (secondary N) is 1. The van der Waals surface area contributed by atoms with Crippen LogP contribution in [0.25, 0.3) is 10.9 Å². The van der Waals surface area contributed by atoms with E-state index in [1.807, 2.05) is 24.4 Å². The number of fused-ring (bicyclic) bond motifs is 1. The Labute approximate surface area is 110 Å². The highest BCUT2D eigenvalue weighted by Crippen LogP contribution is 2.26. The summed E-state index contributed by atoms with van der Waals surface area (Å²) in [4.78, 5) is 16.4. The van der Waals surface area contributed by atoms with E-state index in [1.54, 1.807) is 6.07 Å². The Kier molecular flexibility index (Phi) is 2.61. The molecule has 2 heterocycles. The molecule has 1 aromatic heterocycles. The SMILES string of the molecule is NS(=O)(=O)C1CC(=O)N(c2ccc3cc[nH]c3c2)C1. The number of aromatic amines is 1. The molecule has 0 radical (unpaired) electrons. The van der Waals surface area contributed by atoms with Gasteiger partial charge < -0.3 is 9.88 Å². The van der Waals surface area contributed by atoms with Crippen molar-refractivity contribution in [2.24, 2.45) is 5.14 Å². The Hall–Kier alpha value is -1.86. The first-order valence-electron chi connectivity index (χ1n) is 5.84. The molecule has 1 aliphatic heterocycles. The lowest BCUT2D eigenvalue weighted by Crippen LogP contribution is -2.32. The van der Waals surface area contributed by atoms with E-state index < -0.39 is 15.3 Å². The van der Waals surface area contributed by atoms with E-state index in [1.165, 1.54) is 4.90 Å². The second kappa shape index (κ2) is 4.07. The predicted octanol–water partition coefficient (Wildman–Crippen LogP) is 0.562. The first kappa shape index (κ1) is 12.2. The molecule has 0 spiro atoms. The molecule has 1 saturated heterocycles. The van der Waals surface area contributed by atoms with E-state index in [-0.39, 0.29) is 18.9 Å². The van der Waals surface area contributed by atoms with Crippen LogP contribution in [-0.2, 0) is 14.8 Å². The fourth-order valence-electron chi connectivity index (χ4n) is 2.35. The Morgan fingerprint density at radius 2 is 2.11 bits per heavy atom. The van der Waals surface area contributed by atoms with Crippen molar-refractivity contribution in [1.82, 2.24) is 4.98 Å². The maximum absolute atomic E-state index is 11.9. The van der Waals surface area contributed by atoms with Gasteiger partial charge in [0, 0.05) is 30.4 Å². The van der Waals surface area contributed by atoms with Gasteiger partial charge in [-0.05, 0) is 23.6 Å². The molecule has 1 fully saturated rings. The highest BCUT2D eigenvalue weighted by molar-refractivity contribution is 7.89. The number of benzene rings is 1. The van der Waals surface area contributed by atoms with Crippen LogP contribution in [0, 0.1) is 0 Å². The molecule has 0 saturated carbocycles. The van der Waals surface area contributed by atoms with Crippen molar-refractivity contribution in [1.29, 1.82) is 0 Å². The average Bonchev–Trinajstić information content (AvgIpc) is 2.92. The summed E-state index contributed by atoms with van der Waals surface area (Å²) in [6, 6.07) is 7.45. The van der Waals surface area contributed by atoms with Crippen LogP contribution in [0.3, 0.4) is 0 Å². The van der Waals surface area contributed by atoms with Crippen LogP contribution in [0.5, 0.6) is 0 Å². The van der Waals surface area contributed by atoms with Gasteiger partial charge in [-0.15, -0.1) is 0 Å². The van der Waals surface area contributed by atoms with Crippen LogP contribution in [0.4, 0.5) is 5.69 Å². The number of hydrogen-bond donors (Lipinski definition) is 2. The summed E-state index contributed by atoms with van der Waals surface area (Å²) in [7, 11) is -3.68. The summed E-state index contributed by atoms with van der Waals surface area (Å²) in [6.07, 6.45) is 1.76. The van der Waals surface area contributed by atoms with Gasteiger partial charge in [-0.3, -0.25) is 4.79 Å².